The van der Waals surface area contributed by atoms with Crippen molar-refractivity contribution in [1.82, 2.24) is 4.98 Å². The lowest BCUT2D eigenvalue weighted by molar-refractivity contribution is 0.251. The Kier molecular flexibility index (Phi) is 2.14. The maximum absolute atomic E-state index is 5.31. The predicted octanol–water partition coefficient (Wildman–Crippen LogP) is 2.52. The summed E-state index contributed by atoms with van der Waals surface area (Å²) in [4.78, 5) is 4.97. The van der Waals surface area contributed by atoms with E-state index in [-0.39, 0.29) is 0 Å². The predicted molar refractivity (Wildman–Crippen MR) is 52.4 cm³/mol. The summed E-state index contributed by atoms with van der Waals surface area (Å²) < 4.78 is 10.4. The third-order valence-corrected chi connectivity index (χ3v) is 1.90. The lowest BCUT2D eigenvalue weighted by Crippen LogP contribution is -1.89. The third kappa shape index (κ3) is 1.62. The Morgan fingerprint density at radius 3 is 3.15 bits per heavy atom. The molecule has 4 heteroatoms. The first kappa shape index (κ1) is 8.44. The van der Waals surface area contributed by atoms with Crippen molar-refractivity contribution in [2.24, 2.45) is 0 Å². The summed E-state index contributed by atoms with van der Waals surface area (Å²) in [7, 11) is 0. The fraction of sp³-hybridized carbons (Fsp3) is 0.222. The van der Waals surface area contributed by atoms with E-state index in [0.717, 1.165) is 10.4 Å². The van der Waals surface area contributed by atoms with Gasteiger partial charge in [-0.2, -0.15) is 4.98 Å². The van der Waals surface area contributed by atoms with Gasteiger partial charge in [-0.05, 0) is 25.1 Å². The summed E-state index contributed by atoms with van der Waals surface area (Å²) in [5.41, 5.74) is 1.50. The summed E-state index contributed by atoms with van der Waals surface area (Å²) in [6.07, 6.45) is 0.316. The van der Waals surface area contributed by atoms with Gasteiger partial charge in [-0.3, -0.25) is 0 Å². The molecule has 0 spiro atoms. The minimum absolute atomic E-state index is 0.316. The van der Waals surface area contributed by atoms with Crippen LogP contribution in [0.25, 0.3) is 11.1 Å². The summed E-state index contributed by atoms with van der Waals surface area (Å²) in [5.74, 6) is 0. The van der Waals surface area contributed by atoms with Crippen LogP contribution in [0.3, 0.4) is 0 Å². The van der Waals surface area contributed by atoms with E-state index in [9.17, 15) is 0 Å². The SMILES string of the molecule is CCOc1nc2ccc(S)cc2o1. The molecule has 0 unspecified atom stereocenters. The Hall–Kier alpha value is -1.16. The second-order valence-corrected chi connectivity index (χ2v) is 3.08. The van der Waals surface area contributed by atoms with Gasteiger partial charge in [0.2, 0.25) is 0 Å². The molecule has 1 aromatic carbocycles. The monoisotopic (exact) mass is 195 g/mol. The Bertz CT molecular complexity index is 424. The first-order chi connectivity index (χ1) is 6.29. The highest BCUT2D eigenvalue weighted by molar-refractivity contribution is 7.80. The van der Waals surface area contributed by atoms with Crippen LogP contribution in [0.1, 0.15) is 6.92 Å². The van der Waals surface area contributed by atoms with Gasteiger partial charge in [0.1, 0.15) is 5.52 Å². The molecule has 0 fully saturated rings. The average Bonchev–Trinajstić information content (AvgIpc) is 2.46. The number of hydrogen-bond donors (Lipinski definition) is 1. The normalized spacial score (nSPS) is 10.6. The van der Waals surface area contributed by atoms with Crippen molar-refractivity contribution in [2.45, 2.75) is 11.8 Å². The van der Waals surface area contributed by atoms with Crippen LogP contribution in [0.2, 0.25) is 0 Å². The zero-order chi connectivity index (χ0) is 9.26. The minimum Gasteiger partial charge on any atom is -0.450 e. The van der Waals surface area contributed by atoms with Gasteiger partial charge in [-0.1, -0.05) is 0 Å². The first-order valence-corrected chi connectivity index (χ1v) is 4.46. The van der Waals surface area contributed by atoms with Crippen molar-refractivity contribution in [3.63, 3.8) is 0 Å². The Morgan fingerprint density at radius 1 is 1.54 bits per heavy atom. The summed E-state index contributed by atoms with van der Waals surface area (Å²) in [6.45, 7) is 2.44. The highest BCUT2D eigenvalue weighted by atomic mass is 32.1. The van der Waals surface area contributed by atoms with E-state index in [4.69, 9.17) is 9.15 Å². The molecular weight excluding hydrogens is 186 g/mol. The zero-order valence-corrected chi connectivity index (χ0v) is 8.04. The molecule has 0 aliphatic heterocycles. The van der Waals surface area contributed by atoms with E-state index in [1.165, 1.54) is 0 Å². The van der Waals surface area contributed by atoms with Crippen molar-refractivity contribution in [2.75, 3.05) is 6.61 Å². The maximum atomic E-state index is 5.31. The quantitative estimate of drug-likeness (QED) is 0.748. The number of hydrogen-bond acceptors (Lipinski definition) is 4. The first-order valence-electron chi connectivity index (χ1n) is 4.02. The highest BCUT2D eigenvalue weighted by Crippen LogP contribution is 2.22. The molecule has 3 nitrogen and oxygen atoms in total. The molecule has 2 rings (SSSR count). The molecule has 1 aromatic heterocycles. The number of benzene rings is 1. The van der Waals surface area contributed by atoms with Crippen molar-refractivity contribution in [1.29, 1.82) is 0 Å². The van der Waals surface area contributed by atoms with Gasteiger partial charge in [0.15, 0.2) is 5.58 Å². The Morgan fingerprint density at radius 2 is 2.38 bits per heavy atom. The van der Waals surface area contributed by atoms with Crippen LogP contribution in [0.15, 0.2) is 27.5 Å². The lowest BCUT2D eigenvalue weighted by Gasteiger charge is -1.91. The van der Waals surface area contributed by atoms with Crippen LogP contribution >= 0.6 is 12.6 Å². The van der Waals surface area contributed by atoms with Crippen LogP contribution in [0.4, 0.5) is 0 Å². The van der Waals surface area contributed by atoms with Crippen molar-refractivity contribution in [3.8, 4) is 6.08 Å². The van der Waals surface area contributed by atoms with Gasteiger partial charge in [-0.25, -0.2) is 0 Å². The van der Waals surface area contributed by atoms with Gasteiger partial charge in [0.25, 0.3) is 0 Å². The summed E-state index contributed by atoms with van der Waals surface area (Å²) >= 11 is 4.19. The van der Waals surface area contributed by atoms with E-state index >= 15 is 0 Å². The second-order valence-electron chi connectivity index (χ2n) is 2.56. The third-order valence-electron chi connectivity index (χ3n) is 1.62. The standard InChI is InChI=1S/C9H9NO2S/c1-2-11-9-10-7-4-3-6(13)5-8(7)12-9/h3-5,13H,2H2,1H3. The molecule has 0 aliphatic rings. The molecule has 0 N–H and O–H groups in total. The van der Waals surface area contributed by atoms with Crippen molar-refractivity contribution < 1.29 is 9.15 Å². The van der Waals surface area contributed by atoms with Gasteiger partial charge >= 0.3 is 6.08 Å². The topological polar surface area (TPSA) is 35.3 Å². The molecular formula is C9H9NO2S. The molecule has 0 amide bonds. The molecule has 2 aromatic rings. The second kappa shape index (κ2) is 3.30. The smallest absolute Gasteiger partial charge is 0.394 e. The van der Waals surface area contributed by atoms with Crippen LogP contribution < -0.4 is 4.74 Å². The number of rotatable bonds is 2. The highest BCUT2D eigenvalue weighted by Gasteiger charge is 2.05. The number of thiol groups is 1. The number of fused-ring (bicyclic) bond motifs is 1. The lowest BCUT2D eigenvalue weighted by atomic mass is 10.3. The molecule has 0 bridgehead atoms. The molecule has 13 heavy (non-hydrogen) atoms. The van der Waals surface area contributed by atoms with Crippen LogP contribution in [0.5, 0.6) is 6.08 Å². The molecule has 0 aliphatic carbocycles. The number of aromatic nitrogens is 1. The molecule has 1 heterocycles. The van der Waals surface area contributed by atoms with E-state index < -0.39 is 0 Å². The van der Waals surface area contributed by atoms with Crippen molar-refractivity contribution >= 4 is 23.7 Å². The summed E-state index contributed by atoms with van der Waals surface area (Å²) in [6, 6.07) is 5.53. The zero-order valence-electron chi connectivity index (χ0n) is 7.15. The maximum Gasteiger partial charge on any atom is 0.394 e. The van der Waals surface area contributed by atoms with Gasteiger partial charge in [0, 0.05) is 4.90 Å². The van der Waals surface area contributed by atoms with E-state index in [1.54, 1.807) is 0 Å². The molecule has 68 valence electrons. The summed E-state index contributed by atoms with van der Waals surface area (Å²) in [5, 5.41) is 0. The van der Waals surface area contributed by atoms with Crippen LogP contribution in [0, 0.1) is 0 Å². The number of ether oxygens (including phenoxy) is 1. The average molecular weight is 195 g/mol. The fourth-order valence-electron chi connectivity index (χ4n) is 1.08. The Balaban J connectivity index is 2.49. The molecule has 0 radical (unpaired) electrons. The Labute approximate surface area is 81.1 Å². The van der Waals surface area contributed by atoms with Gasteiger partial charge < -0.3 is 9.15 Å². The van der Waals surface area contributed by atoms with Crippen LogP contribution in [-0.4, -0.2) is 11.6 Å². The number of nitrogens with zero attached hydrogens (tertiary/aromatic N) is 1. The van der Waals surface area contributed by atoms with E-state index in [0.29, 0.717) is 18.3 Å². The van der Waals surface area contributed by atoms with E-state index in [2.05, 4.69) is 17.6 Å². The van der Waals surface area contributed by atoms with E-state index in [1.807, 2.05) is 25.1 Å². The molecule has 0 atom stereocenters. The van der Waals surface area contributed by atoms with Crippen LogP contribution in [-0.2, 0) is 0 Å². The van der Waals surface area contributed by atoms with Gasteiger partial charge in [0.05, 0.1) is 6.61 Å². The molecule has 0 saturated heterocycles. The largest absolute Gasteiger partial charge is 0.450 e. The minimum atomic E-state index is 0.316. The van der Waals surface area contributed by atoms with Gasteiger partial charge in [-0.15, -0.1) is 12.6 Å². The van der Waals surface area contributed by atoms with Crippen molar-refractivity contribution in [3.05, 3.63) is 18.2 Å². The molecule has 0 saturated carbocycles. The number of oxazole rings is 1. The fourth-order valence-corrected chi connectivity index (χ4v) is 1.27.